The Morgan fingerprint density at radius 2 is 1.96 bits per heavy atom. The Morgan fingerprint density at radius 1 is 1.30 bits per heavy atom. The molecule has 0 unspecified atom stereocenters. The van der Waals surface area contributed by atoms with Crippen LogP contribution in [-0.2, 0) is 21.3 Å². The van der Waals surface area contributed by atoms with Crippen LogP contribution in [0.5, 0.6) is 0 Å². The second-order valence-electron chi connectivity index (χ2n) is 6.86. The molecule has 1 heterocycles. The van der Waals surface area contributed by atoms with Crippen molar-refractivity contribution in [3.63, 3.8) is 0 Å². The van der Waals surface area contributed by atoms with Crippen LogP contribution >= 0.6 is 12.4 Å². The van der Waals surface area contributed by atoms with E-state index in [1.54, 1.807) is 0 Å². The smallest absolute Gasteiger partial charge is 0.243 e. The zero-order chi connectivity index (χ0) is 15.8. The van der Waals surface area contributed by atoms with Crippen LogP contribution in [0.4, 0.5) is 0 Å². The number of halogens is 1. The van der Waals surface area contributed by atoms with E-state index >= 15 is 0 Å². The summed E-state index contributed by atoms with van der Waals surface area (Å²) in [5.74, 6) is 0.948. The third-order valence-corrected chi connectivity index (χ3v) is 6.15. The number of nitrogens with two attached hydrogens (primary N) is 1. The van der Waals surface area contributed by atoms with Crippen molar-refractivity contribution in [2.75, 3.05) is 0 Å². The summed E-state index contributed by atoms with van der Waals surface area (Å²) >= 11 is 0. The van der Waals surface area contributed by atoms with Gasteiger partial charge in [0.1, 0.15) is 5.75 Å². The highest BCUT2D eigenvalue weighted by Gasteiger charge is 2.39. The van der Waals surface area contributed by atoms with Gasteiger partial charge in [0.25, 0.3) is 0 Å². The maximum atomic E-state index is 12.2. The van der Waals surface area contributed by atoms with Gasteiger partial charge in [-0.05, 0) is 50.9 Å². The van der Waals surface area contributed by atoms with Gasteiger partial charge in [0.2, 0.25) is 15.9 Å². The average Bonchev–Trinajstić information content (AvgIpc) is 2.86. The topological polar surface area (TPSA) is 111 Å². The molecule has 1 aromatic rings. The maximum Gasteiger partial charge on any atom is 0.243 e. The van der Waals surface area contributed by atoms with Crippen molar-refractivity contribution in [2.24, 2.45) is 11.7 Å². The molecular formula is C14H25ClN4O3S. The summed E-state index contributed by atoms with van der Waals surface area (Å²) in [6.07, 6.45) is 6.58. The standard InChI is InChI=1S/C14H24N4O3S.ClH/c1-10-3-5-11(6-4-10)18-22(19,20)9-12-16-13(17-21-12)14(15)7-2-8-14;/h10-11,18H,2-9,15H2,1H3;1H. The molecule has 0 bridgehead atoms. The van der Waals surface area contributed by atoms with Crippen molar-refractivity contribution >= 4 is 22.4 Å². The lowest BCUT2D eigenvalue weighted by Crippen LogP contribution is -2.44. The van der Waals surface area contributed by atoms with E-state index < -0.39 is 15.6 Å². The Bertz CT molecular complexity index is 622. The summed E-state index contributed by atoms with van der Waals surface area (Å²) in [5, 5.41) is 3.85. The van der Waals surface area contributed by atoms with E-state index in [9.17, 15) is 8.42 Å². The quantitative estimate of drug-likeness (QED) is 0.824. The summed E-state index contributed by atoms with van der Waals surface area (Å²) in [5.41, 5.74) is 5.58. The monoisotopic (exact) mass is 364 g/mol. The molecule has 0 spiro atoms. The minimum Gasteiger partial charge on any atom is -0.338 e. The largest absolute Gasteiger partial charge is 0.338 e. The first-order valence-corrected chi connectivity index (χ1v) is 9.63. The van der Waals surface area contributed by atoms with E-state index in [0.717, 1.165) is 44.9 Å². The second-order valence-corrected chi connectivity index (χ2v) is 8.61. The van der Waals surface area contributed by atoms with Crippen molar-refractivity contribution in [1.29, 1.82) is 0 Å². The van der Waals surface area contributed by atoms with Gasteiger partial charge in [0.05, 0.1) is 5.54 Å². The molecule has 1 aromatic heterocycles. The van der Waals surface area contributed by atoms with Gasteiger partial charge in [-0.25, -0.2) is 13.1 Å². The molecule has 7 nitrogen and oxygen atoms in total. The molecular weight excluding hydrogens is 340 g/mol. The molecule has 132 valence electrons. The lowest BCUT2D eigenvalue weighted by molar-refractivity contribution is 0.229. The van der Waals surface area contributed by atoms with E-state index in [0.29, 0.717) is 11.7 Å². The van der Waals surface area contributed by atoms with E-state index in [2.05, 4.69) is 21.8 Å². The van der Waals surface area contributed by atoms with Gasteiger partial charge < -0.3 is 10.3 Å². The number of hydrogen-bond acceptors (Lipinski definition) is 6. The van der Waals surface area contributed by atoms with Gasteiger partial charge in [-0.2, -0.15) is 4.98 Å². The average molecular weight is 365 g/mol. The summed E-state index contributed by atoms with van der Waals surface area (Å²) in [4.78, 5) is 4.17. The Kier molecular flexibility index (Phi) is 5.71. The van der Waals surface area contributed by atoms with Crippen molar-refractivity contribution in [2.45, 2.75) is 69.2 Å². The Morgan fingerprint density at radius 3 is 2.52 bits per heavy atom. The van der Waals surface area contributed by atoms with E-state index in [1.807, 2.05) is 0 Å². The predicted molar refractivity (Wildman–Crippen MR) is 88.4 cm³/mol. The summed E-state index contributed by atoms with van der Waals surface area (Å²) in [7, 11) is -3.46. The number of sulfonamides is 1. The normalized spacial score (nSPS) is 27.0. The summed E-state index contributed by atoms with van der Waals surface area (Å²) < 4.78 is 32.3. The van der Waals surface area contributed by atoms with Crippen LogP contribution in [-0.4, -0.2) is 24.6 Å². The summed E-state index contributed by atoms with van der Waals surface area (Å²) in [6.45, 7) is 2.20. The van der Waals surface area contributed by atoms with Crippen molar-refractivity contribution in [1.82, 2.24) is 14.9 Å². The minimum atomic E-state index is -3.46. The van der Waals surface area contributed by atoms with Crippen molar-refractivity contribution < 1.29 is 12.9 Å². The van der Waals surface area contributed by atoms with Crippen LogP contribution in [0.3, 0.4) is 0 Å². The first kappa shape index (κ1) is 18.6. The SMILES string of the molecule is CC1CCC(NS(=O)(=O)Cc2nc(C3(N)CCC3)no2)CC1.Cl. The minimum absolute atomic E-state index is 0. The van der Waals surface area contributed by atoms with Gasteiger partial charge in [-0.1, -0.05) is 12.1 Å². The predicted octanol–water partition coefficient (Wildman–Crippen LogP) is 1.83. The van der Waals surface area contributed by atoms with Gasteiger partial charge >= 0.3 is 0 Å². The highest BCUT2D eigenvalue weighted by atomic mass is 35.5. The fourth-order valence-corrected chi connectivity index (χ4v) is 4.40. The molecule has 2 fully saturated rings. The van der Waals surface area contributed by atoms with E-state index in [4.69, 9.17) is 10.3 Å². The number of nitrogens with zero attached hydrogens (tertiary/aromatic N) is 2. The number of aromatic nitrogens is 2. The van der Waals surface area contributed by atoms with E-state index in [-0.39, 0.29) is 30.1 Å². The van der Waals surface area contributed by atoms with Crippen LogP contribution in [0.1, 0.15) is 63.6 Å². The Hall–Kier alpha value is -0.700. The Labute approximate surface area is 143 Å². The highest BCUT2D eigenvalue weighted by Crippen LogP contribution is 2.36. The molecule has 0 amide bonds. The molecule has 0 saturated heterocycles. The highest BCUT2D eigenvalue weighted by molar-refractivity contribution is 7.88. The number of nitrogens with one attached hydrogen (secondary N) is 1. The molecule has 23 heavy (non-hydrogen) atoms. The van der Waals surface area contributed by atoms with Gasteiger partial charge in [-0.15, -0.1) is 12.4 Å². The van der Waals surface area contributed by atoms with Crippen LogP contribution in [0.2, 0.25) is 0 Å². The third kappa shape index (κ3) is 4.43. The summed E-state index contributed by atoms with van der Waals surface area (Å²) in [6, 6.07) is 0.0241. The molecule has 2 aliphatic carbocycles. The maximum absolute atomic E-state index is 12.2. The van der Waals surface area contributed by atoms with Crippen LogP contribution < -0.4 is 10.5 Å². The fourth-order valence-electron chi connectivity index (χ4n) is 3.13. The van der Waals surface area contributed by atoms with Crippen molar-refractivity contribution in [3.8, 4) is 0 Å². The van der Waals surface area contributed by atoms with Crippen LogP contribution in [0, 0.1) is 5.92 Å². The first-order chi connectivity index (χ1) is 10.4. The molecule has 2 aliphatic rings. The molecule has 2 saturated carbocycles. The van der Waals surface area contributed by atoms with Gasteiger partial charge in [-0.3, -0.25) is 0 Å². The molecule has 0 aromatic carbocycles. The van der Waals surface area contributed by atoms with E-state index in [1.165, 1.54) is 0 Å². The zero-order valence-electron chi connectivity index (χ0n) is 13.3. The zero-order valence-corrected chi connectivity index (χ0v) is 15.0. The van der Waals surface area contributed by atoms with Crippen LogP contribution in [0.15, 0.2) is 4.52 Å². The van der Waals surface area contributed by atoms with Gasteiger partial charge in [0.15, 0.2) is 5.82 Å². The van der Waals surface area contributed by atoms with Crippen molar-refractivity contribution in [3.05, 3.63) is 11.7 Å². The molecule has 9 heteroatoms. The lowest BCUT2D eigenvalue weighted by Gasteiger charge is -2.34. The molecule has 0 atom stereocenters. The molecule has 3 rings (SSSR count). The first-order valence-electron chi connectivity index (χ1n) is 7.98. The fraction of sp³-hybridized carbons (Fsp3) is 0.857. The molecule has 0 aliphatic heterocycles. The third-order valence-electron chi connectivity index (χ3n) is 4.83. The van der Waals surface area contributed by atoms with Crippen LogP contribution in [0.25, 0.3) is 0 Å². The Balaban J connectivity index is 0.00000192. The second kappa shape index (κ2) is 7.04. The molecule has 3 N–H and O–H groups in total. The molecule has 0 radical (unpaired) electrons. The number of rotatable bonds is 5. The lowest BCUT2D eigenvalue weighted by atomic mass is 9.77. The van der Waals surface area contributed by atoms with Gasteiger partial charge in [0, 0.05) is 6.04 Å². The number of hydrogen-bond donors (Lipinski definition) is 2.